The van der Waals surface area contributed by atoms with E-state index in [2.05, 4.69) is 27.9 Å². The lowest BCUT2D eigenvalue weighted by molar-refractivity contribution is -0.112. The van der Waals surface area contributed by atoms with Gasteiger partial charge in [-0.25, -0.2) is 0 Å². The molecule has 0 unspecified atom stereocenters. The molecular weight excluding hydrogens is 391 g/mol. The number of halogens is 1. The van der Waals surface area contributed by atoms with E-state index in [1.54, 1.807) is 31.4 Å². The van der Waals surface area contributed by atoms with Gasteiger partial charge < -0.3 is 10.1 Å². The second kappa shape index (κ2) is 7.61. The van der Waals surface area contributed by atoms with E-state index in [1.807, 2.05) is 36.4 Å². The Kier molecular flexibility index (Phi) is 5.55. The average molecular weight is 404 g/mol. The van der Waals surface area contributed by atoms with E-state index in [4.69, 9.17) is 4.74 Å². The molecule has 2 aromatic carbocycles. The topological polar surface area (TPSA) is 62.1 Å². The molecule has 0 heterocycles. The van der Waals surface area contributed by atoms with Crippen LogP contribution in [-0.2, 0) is 4.79 Å². The van der Waals surface area contributed by atoms with Gasteiger partial charge in [-0.15, -0.1) is 0 Å². The van der Waals surface area contributed by atoms with Gasteiger partial charge in [0.15, 0.2) is 0 Å². The van der Waals surface area contributed by atoms with Gasteiger partial charge in [0.05, 0.1) is 7.11 Å². The minimum atomic E-state index is -0.438. The number of ether oxygens (including phenoxy) is 1. The zero-order valence-corrected chi connectivity index (χ0v) is 14.0. The van der Waals surface area contributed by atoms with Crippen molar-refractivity contribution < 1.29 is 9.53 Å². The number of hydrogen-bond donors (Lipinski definition) is 1. The maximum Gasteiger partial charge on any atom is 0.266 e. The monoisotopic (exact) mass is 404 g/mol. The Morgan fingerprint density at radius 3 is 2.64 bits per heavy atom. The summed E-state index contributed by atoms with van der Waals surface area (Å²) in [5.74, 6) is 0.241. The van der Waals surface area contributed by atoms with Gasteiger partial charge in [0.2, 0.25) is 0 Å². The molecule has 0 radical (unpaired) electrons. The third-order valence-corrected chi connectivity index (χ3v) is 3.46. The van der Waals surface area contributed by atoms with Crippen LogP contribution >= 0.6 is 22.6 Å². The lowest BCUT2D eigenvalue weighted by Gasteiger charge is -2.05. The van der Waals surface area contributed by atoms with Crippen LogP contribution in [0.2, 0.25) is 0 Å². The Hall–Kier alpha value is -2.33. The Morgan fingerprint density at radius 2 is 2.00 bits per heavy atom. The van der Waals surface area contributed by atoms with Crippen LogP contribution in [0.5, 0.6) is 5.75 Å². The number of rotatable bonds is 4. The molecule has 1 amide bonds. The predicted octanol–water partition coefficient (Wildman–Crippen LogP) is 3.85. The van der Waals surface area contributed by atoms with Crippen molar-refractivity contribution in [2.75, 3.05) is 12.4 Å². The zero-order valence-electron chi connectivity index (χ0n) is 11.8. The van der Waals surface area contributed by atoms with Crippen LogP contribution < -0.4 is 10.1 Å². The summed E-state index contributed by atoms with van der Waals surface area (Å²) in [7, 11) is 1.58. The van der Waals surface area contributed by atoms with Crippen molar-refractivity contribution in [3.8, 4) is 11.8 Å². The van der Waals surface area contributed by atoms with E-state index in [0.29, 0.717) is 11.4 Å². The number of carbonyl (C=O) groups is 1. The van der Waals surface area contributed by atoms with E-state index in [1.165, 1.54) is 0 Å². The molecule has 0 bridgehead atoms. The number of nitrogens with one attached hydrogen (secondary N) is 1. The Balaban J connectivity index is 2.26. The molecule has 4 nitrogen and oxygen atoms in total. The molecule has 22 heavy (non-hydrogen) atoms. The largest absolute Gasteiger partial charge is 0.497 e. The highest BCUT2D eigenvalue weighted by molar-refractivity contribution is 14.1. The average Bonchev–Trinajstić information content (AvgIpc) is 2.52. The standard InChI is InChI=1S/C17H13IN2O2/c1-22-16-9-12(8-14(18)10-16)7-13(11-19)17(21)20-15-5-3-2-4-6-15/h2-10H,1H3,(H,20,21)/b13-7+. The lowest BCUT2D eigenvalue weighted by Crippen LogP contribution is -2.13. The first-order valence-electron chi connectivity index (χ1n) is 6.45. The van der Waals surface area contributed by atoms with Gasteiger partial charge in [-0.05, 0) is 64.6 Å². The molecular formula is C17H13IN2O2. The van der Waals surface area contributed by atoms with E-state index >= 15 is 0 Å². The number of nitrogens with zero attached hydrogens (tertiary/aromatic N) is 1. The number of para-hydroxylation sites is 1. The lowest BCUT2D eigenvalue weighted by atomic mass is 10.1. The molecule has 2 aromatic rings. The van der Waals surface area contributed by atoms with Crippen LogP contribution in [0.25, 0.3) is 6.08 Å². The SMILES string of the molecule is COc1cc(I)cc(/C=C(\C#N)C(=O)Nc2ccccc2)c1. The van der Waals surface area contributed by atoms with E-state index in [9.17, 15) is 10.1 Å². The molecule has 0 saturated heterocycles. The Bertz CT molecular complexity index is 749. The molecule has 0 aromatic heterocycles. The number of amides is 1. The maximum atomic E-state index is 12.2. The summed E-state index contributed by atoms with van der Waals surface area (Å²) >= 11 is 2.16. The van der Waals surface area contributed by atoms with Crippen molar-refractivity contribution in [3.05, 3.63) is 63.2 Å². The number of methoxy groups -OCH3 is 1. The van der Waals surface area contributed by atoms with E-state index in [-0.39, 0.29) is 5.57 Å². The first-order chi connectivity index (χ1) is 10.6. The fourth-order valence-corrected chi connectivity index (χ4v) is 2.49. The van der Waals surface area contributed by atoms with Crippen LogP contribution in [0.3, 0.4) is 0 Å². The van der Waals surface area contributed by atoms with Crippen LogP contribution in [0.4, 0.5) is 5.69 Å². The molecule has 0 aliphatic carbocycles. The summed E-state index contributed by atoms with van der Waals surface area (Å²) in [6, 6.07) is 16.5. The van der Waals surface area contributed by atoms with Gasteiger partial charge in [0.25, 0.3) is 5.91 Å². The maximum absolute atomic E-state index is 12.2. The molecule has 0 spiro atoms. The van der Waals surface area contributed by atoms with Crippen LogP contribution in [0, 0.1) is 14.9 Å². The highest BCUT2D eigenvalue weighted by Gasteiger charge is 2.10. The van der Waals surface area contributed by atoms with Crippen molar-refractivity contribution >= 4 is 40.3 Å². The van der Waals surface area contributed by atoms with E-state index in [0.717, 1.165) is 9.13 Å². The number of carbonyl (C=O) groups excluding carboxylic acids is 1. The molecule has 0 aliphatic rings. The van der Waals surface area contributed by atoms with Crippen LogP contribution in [0.15, 0.2) is 54.1 Å². The highest BCUT2D eigenvalue weighted by Crippen LogP contribution is 2.20. The van der Waals surface area contributed by atoms with Crippen LogP contribution in [0.1, 0.15) is 5.56 Å². The normalized spacial score (nSPS) is 10.7. The summed E-state index contributed by atoms with van der Waals surface area (Å²) in [6.07, 6.45) is 1.54. The molecule has 0 saturated carbocycles. The summed E-state index contributed by atoms with van der Waals surface area (Å²) in [5, 5.41) is 11.9. The smallest absolute Gasteiger partial charge is 0.266 e. The summed E-state index contributed by atoms with van der Waals surface area (Å²) in [4.78, 5) is 12.2. The molecule has 0 fully saturated rings. The van der Waals surface area contributed by atoms with Gasteiger partial charge in [-0.3, -0.25) is 4.79 Å². The fraction of sp³-hybridized carbons (Fsp3) is 0.0588. The number of benzene rings is 2. The number of nitriles is 1. The quantitative estimate of drug-likeness (QED) is 0.479. The predicted molar refractivity (Wildman–Crippen MR) is 94.4 cm³/mol. The molecule has 0 aliphatic heterocycles. The first-order valence-corrected chi connectivity index (χ1v) is 7.53. The molecule has 0 atom stereocenters. The highest BCUT2D eigenvalue weighted by atomic mass is 127. The fourth-order valence-electron chi connectivity index (χ4n) is 1.82. The van der Waals surface area contributed by atoms with Crippen molar-refractivity contribution in [1.82, 2.24) is 0 Å². The van der Waals surface area contributed by atoms with Gasteiger partial charge in [0, 0.05) is 9.26 Å². The summed E-state index contributed by atoms with van der Waals surface area (Å²) in [5.41, 5.74) is 1.42. The minimum absolute atomic E-state index is 0.0351. The first kappa shape index (κ1) is 16.0. The number of anilines is 1. The van der Waals surface area contributed by atoms with Gasteiger partial charge >= 0.3 is 0 Å². The minimum Gasteiger partial charge on any atom is -0.497 e. The summed E-state index contributed by atoms with van der Waals surface area (Å²) < 4.78 is 6.15. The Morgan fingerprint density at radius 1 is 1.27 bits per heavy atom. The third kappa shape index (κ3) is 4.33. The molecule has 2 rings (SSSR count). The third-order valence-electron chi connectivity index (χ3n) is 2.84. The van der Waals surface area contributed by atoms with Gasteiger partial charge in [-0.1, -0.05) is 18.2 Å². The van der Waals surface area contributed by atoms with Gasteiger partial charge in [0.1, 0.15) is 17.4 Å². The van der Waals surface area contributed by atoms with Crippen molar-refractivity contribution in [2.24, 2.45) is 0 Å². The van der Waals surface area contributed by atoms with Crippen molar-refractivity contribution in [2.45, 2.75) is 0 Å². The summed E-state index contributed by atoms with van der Waals surface area (Å²) in [6.45, 7) is 0. The molecule has 110 valence electrons. The Labute approximate surface area is 142 Å². The molecule has 1 N–H and O–H groups in total. The number of hydrogen-bond acceptors (Lipinski definition) is 3. The van der Waals surface area contributed by atoms with Crippen molar-refractivity contribution in [1.29, 1.82) is 5.26 Å². The van der Waals surface area contributed by atoms with E-state index < -0.39 is 5.91 Å². The van der Waals surface area contributed by atoms with Gasteiger partial charge in [-0.2, -0.15) is 5.26 Å². The van der Waals surface area contributed by atoms with Crippen molar-refractivity contribution in [3.63, 3.8) is 0 Å². The second-order valence-corrected chi connectivity index (χ2v) is 5.66. The molecule has 5 heteroatoms. The van der Waals surface area contributed by atoms with Crippen LogP contribution in [-0.4, -0.2) is 13.0 Å². The zero-order chi connectivity index (χ0) is 15.9. The second-order valence-electron chi connectivity index (χ2n) is 4.41.